The van der Waals surface area contributed by atoms with Crippen molar-refractivity contribution in [1.29, 1.82) is 0 Å². The van der Waals surface area contributed by atoms with Gasteiger partial charge in [-0.1, -0.05) is 6.07 Å². The second-order valence-corrected chi connectivity index (χ2v) is 5.13. The minimum atomic E-state index is -0.778. The average Bonchev–Trinajstić information content (AvgIpc) is 2.26. The Morgan fingerprint density at radius 2 is 2.12 bits per heavy atom. The van der Waals surface area contributed by atoms with Crippen molar-refractivity contribution in [3.63, 3.8) is 0 Å². The Balaban J connectivity index is 2.93. The molecule has 1 aromatic rings. The number of carbonyl (C=O) groups is 1. The third-order valence-corrected chi connectivity index (χ3v) is 2.94. The molecule has 0 fully saturated rings. The molecule has 0 aliphatic rings. The Hall–Kier alpha value is -1.42. The minimum absolute atomic E-state index is 0.0160. The van der Waals surface area contributed by atoms with Crippen molar-refractivity contribution in [3.05, 3.63) is 30.1 Å². The van der Waals surface area contributed by atoms with Crippen LogP contribution in [0.3, 0.4) is 0 Å². The molecule has 0 radical (unpaired) electrons. The van der Waals surface area contributed by atoms with Crippen LogP contribution >= 0.6 is 0 Å². The molecular formula is C13H20N2O2. The summed E-state index contributed by atoms with van der Waals surface area (Å²) in [5, 5.41) is 9.18. The summed E-state index contributed by atoms with van der Waals surface area (Å²) in [7, 11) is 3.88. The normalized spacial score (nSPS) is 13.7. The van der Waals surface area contributed by atoms with Gasteiger partial charge in [0.15, 0.2) is 0 Å². The SMILES string of the molecule is CN(C)C(CC(C)(C)C(=O)O)c1ccccn1. The fraction of sp³-hybridized carbons (Fsp3) is 0.538. The second kappa shape index (κ2) is 5.27. The first-order chi connectivity index (χ1) is 7.84. The molecular weight excluding hydrogens is 216 g/mol. The summed E-state index contributed by atoms with van der Waals surface area (Å²) in [4.78, 5) is 17.5. The first-order valence-corrected chi connectivity index (χ1v) is 5.65. The molecule has 4 heteroatoms. The zero-order valence-electron chi connectivity index (χ0n) is 10.8. The van der Waals surface area contributed by atoms with Gasteiger partial charge in [0, 0.05) is 6.20 Å². The second-order valence-electron chi connectivity index (χ2n) is 5.13. The van der Waals surface area contributed by atoms with Crippen molar-refractivity contribution < 1.29 is 9.90 Å². The summed E-state index contributed by atoms with van der Waals surface area (Å²) in [6, 6.07) is 5.73. The highest BCUT2D eigenvalue weighted by atomic mass is 16.4. The van der Waals surface area contributed by atoms with Crippen molar-refractivity contribution >= 4 is 5.97 Å². The zero-order chi connectivity index (χ0) is 13.1. The van der Waals surface area contributed by atoms with E-state index < -0.39 is 11.4 Å². The molecule has 0 amide bonds. The Morgan fingerprint density at radius 1 is 1.47 bits per heavy atom. The van der Waals surface area contributed by atoms with E-state index in [4.69, 9.17) is 0 Å². The highest BCUT2D eigenvalue weighted by Crippen LogP contribution is 2.32. The zero-order valence-corrected chi connectivity index (χ0v) is 10.8. The van der Waals surface area contributed by atoms with E-state index in [0.29, 0.717) is 6.42 Å². The van der Waals surface area contributed by atoms with Crippen LogP contribution in [0, 0.1) is 5.41 Å². The topological polar surface area (TPSA) is 53.4 Å². The van der Waals surface area contributed by atoms with Crippen LogP contribution in [-0.2, 0) is 4.79 Å². The Bertz CT molecular complexity index is 374. The van der Waals surface area contributed by atoms with E-state index in [0.717, 1.165) is 5.69 Å². The molecule has 0 bridgehead atoms. The number of carboxylic acids is 1. The lowest BCUT2D eigenvalue weighted by atomic mass is 9.84. The predicted molar refractivity (Wildman–Crippen MR) is 66.7 cm³/mol. The van der Waals surface area contributed by atoms with Crippen molar-refractivity contribution in [2.45, 2.75) is 26.3 Å². The van der Waals surface area contributed by atoms with Gasteiger partial charge in [-0.2, -0.15) is 0 Å². The van der Waals surface area contributed by atoms with E-state index in [-0.39, 0.29) is 6.04 Å². The smallest absolute Gasteiger partial charge is 0.309 e. The van der Waals surface area contributed by atoms with Gasteiger partial charge in [-0.15, -0.1) is 0 Å². The highest BCUT2D eigenvalue weighted by molar-refractivity contribution is 5.73. The van der Waals surface area contributed by atoms with E-state index in [1.54, 1.807) is 20.0 Å². The lowest BCUT2D eigenvalue weighted by Gasteiger charge is -2.30. The molecule has 1 aromatic heterocycles. The quantitative estimate of drug-likeness (QED) is 0.851. The van der Waals surface area contributed by atoms with Gasteiger partial charge in [0.25, 0.3) is 0 Å². The van der Waals surface area contributed by atoms with Crippen LogP contribution in [0.25, 0.3) is 0 Å². The van der Waals surface area contributed by atoms with Crippen LogP contribution in [0.5, 0.6) is 0 Å². The largest absolute Gasteiger partial charge is 0.481 e. The molecule has 1 rings (SSSR count). The van der Waals surface area contributed by atoms with Gasteiger partial charge < -0.3 is 10.0 Å². The number of aromatic nitrogens is 1. The molecule has 1 unspecified atom stereocenters. The van der Waals surface area contributed by atoms with Crippen molar-refractivity contribution in [2.24, 2.45) is 5.41 Å². The van der Waals surface area contributed by atoms with Gasteiger partial charge in [-0.05, 0) is 46.5 Å². The maximum atomic E-state index is 11.2. The number of carboxylic acid groups (broad SMARTS) is 1. The number of pyridine rings is 1. The lowest BCUT2D eigenvalue weighted by molar-refractivity contribution is -0.148. The Kier molecular flexibility index (Phi) is 4.23. The number of hydrogen-bond acceptors (Lipinski definition) is 3. The first-order valence-electron chi connectivity index (χ1n) is 5.65. The maximum absolute atomic E-state index is 11.2. The van der Waals surface area contributed by atoms with Crippen LogP contribution in [0.4, 0.5) is 0 Å². The number of aliphatic carboxylic acids is 1. The fourth-order valence-electron chi connectivity index (χ4n) is 1.70. The van der Waals surface area contributed by atoms with Crippen LogP contribution in [0.2, 0.25) is 0 Å². The molecule has 0 aliphatic carbocycles. The van der Waals surface area contributed by atoms with Gasteiger partial charge in [0.2, 0.25) is 0 Å². The molecule has 1 heterocycles. The van der Waals surface area contributed by atoms with Gasteiger partial charge >= 0.3 is 5.97 Å². The molecule has 0 aliphatic heterocycles. The summed E-state index contributed by atoms with van der Waals surface area (Å²) < 4.78 is 0. The lowest BCUT2D eigenvalue weighted by Crippen LogP contribution is -2.31. The van der Waals surface area contributed by atoms with E-state index in [2.05, 4.69) is 4.98 Å². The van der Waals surface area contributed by atoms with Gasteiger partial charge in [-0.3, -0.25) is 9.78 Å². The first kappa shape index (κ1) is 13.6. The molecule has 17 heavy (non-hydrogen) atoms. The summed E-state index contributed by atoms with van der Waals surface area (Å²) in [6.07, 6.45) is 2.27. The summed E-state index contributed by atoms with van der Waals surface area (Å²) in [6.45, 7) is 3.49. The number of rotatable bonds is 5. The van der Waals surface area contributed by atoms with E-state index in [9.17, 15) is 9.90 Å². The molecule has 0 aromatic carbocycles. The Morgan fingerprint density at radius 3 is 2.53 bits per heavy atom. The number of hydrogen-bond donors (Lipinski definition) is 1. The fourth-order valence-corrected chi connectivity index (χ4v) is 1.70. The standard InChI is InChI=1S/C13H20N2O2/c1-13(2,12(16)17)9-11(15(3)4)10-7-5-6-8-14-10/h5-8,11H,9H2,1-4H3,(H,16,17). The maximum Gasteiger partial charge on any atom is 0.309 e. The monoisotopic (exact) mass is 236 g/mol. The third-order valence-electron chi connectivity index (χ3n) is 2.94. The summed E-state index contributed by atoms with van der Waals surface area (Å²) in [5.41, 5.74) is 0.152. The summed E-state index contributed by atoms with van der Waals surface area (Å²) >= 11 is 0. The van der Waals surface area contributed by atoms with Crippen molar-refractivity contribution in [3.8, 4) is 0 Å². The van der Waals surface area contributed by atoms with Gasteiger partial charge in [0.05, 0.1) is 17.2 Å². The van der Waals surface area contributed by atoms with E-state index >= 15 is 0 Å². The molecule has 4 nitrogen and oxygen atoms in total. The summed E-state index contributed by atoms with van der Waals surface area (Å²) in [5.74, 6) is -0.778. The molecule has 94 valence electrons. The van der Waals surface area contributed by atoms with Crippen molar-refractivity contribution in [1.82, 2.24) is 9.88 Å². The van der Waals surface area contributed by atoms with Crippen LogP contribution < -0.4 is 0 Å². The molecule has 1 atom stereocenters. The van der Waals surface area contributed by atoms with Crippen LogP contribution in [0.15, 0.2) is 24.4 Å². The molecule has 1 N–H and O–H groups in total. The molecule has 0 saturated heterocycles. The molecule has 0 spiro atoms. The average molecular weight is 236 g/mol. The Labute approximate surface area is 102 Å². The van der Waals surface area contributed by atoms with Crippen molar-refractivity contribution in [2.75, 3.05) is 14.1 Å². The van der Waals surface area contributed by atoms with E-state index in [1.165, 1.54) is 0 Å². The third kappa shape index (κ3) is 3.53. The minimum Gasteiger partial charge on any atom is -0.481 e. The number of nitrogens with zero attached hydrogens (tertiary/aromatic N) is 2. The molecule has 0 saturated carbocycles. The van der Waals surface area contributed by atoms with Crippen LogP contribution in [-0.4, -0.2) is 35.1 Å². The highest BCUT2D eigenvalue weighted by Gasteiger charge is 2.32. The van der Waals surface area contributed by atoms with Crippen LogP contribution in [0.1, 0.15) is 32.0 Å². The van der Waals surface area contributed by atoms with Gasteiger partial charge in [-0.25, -0.2) is 0 Å². The van der Waals surface area contributed by atoms with E-state index in [1.807, 2.05) is 37.2 Å². The predicted octanol–water partition coefficient (Wildman–Crippen LogP) is 2.19. The van der Waals surface area contributed by atoms with Gasteiger partial charge in [0.1, 0.15) is 0 Å².